The van der Waals surface area contributed by atoms with Crippen molar-refractivity contribution >= 4 is 28.8 Å². The first-order chi connectivity index (χ1) is 15.6. The second-order valence-electron chi connectivity index (χ2n) is 7.77. The molecule has 1 N–H and O–H groups in total. The lowest BCUT2D eigenvalue weighted by Gasteiger charge is -2.17. The van der Waals surface area contributed by atoms with E-state index < -0.39 is 5.92 Å². The van der Waals surface area contributed by atoms with E-state index in [1.807, 2.05) is 77.5 Å². The van der Waals surface area contributed by atoms with Crippen LogP contribution in [0.4, 0.5) is 11.4 Å². The summed E-state index contributed by atoms with van der Waals surface area (Å²) in [5.74, 6) is 0.0329. The molecule has 1 atom stereocenters. The minimum Gasteiger partial charge on any atom is -0.497 e. The number of ether oxygens (including phenoxy) is 1. The molecule has 0 saturated carbocycles. The minimum atomic E-state index is -0.410. The third-order valence-electron chi connectivity index (χ3n) is 5.67. The van der Waals surface area contributed by atoms with Crippen molar-refractivity contribution < 1.29 is 14.3 Å². The number of pyridine rings is 1. The van der Waals surface area contributed by atoms with Gasteiger partial charge in [-0.3, -0.25) is 9.59 Å². The Hall–Kier alpha value is -4.13. The van der Waals surface area contributed by atoms with Crippen LogP contribution in [0.2, 0.25) is 0 Å². The molecule has 0 spiro atoms. The van der Waals surface area contributed by atoms with Crippen LogP contribution in [0, 0.1) is 5.92 Å². The number of amides is 2. The van der Waals surface area contributed by atoms with Crippen molar-refractivity contribution in [1.82, 2.24) is 9.38 Å². The third-order valence-corrected chi connectivity index (χ3v) is 5.67. The SMILES string of the molecule is COc1cccc(N2C[C@@H](C(=O)Nc3ccc(-c4cn5ccccc5n4)cc3)CC2=O)c1. The average Bonchev–Trinajstić information content (AvgIpc) is 3.43. The molecule has 7 heteroatoms. The van der Waals surface area contributed by atoms with Gasteiger partial charge in [-0.25, -0.2) is 4.98 Å². The van der Waals surface area contributed by atoms with E-state index in [0.717, 1.165) is 22.6 Å². The largest absolute Gasteiger partial charge is 0.497 e. The van der Waals surface area contributed by atoms with Gasteiger partial charge in [-0.2, -0.15) is 0 Å². The zero-order chi connectivity index (χ0) is 22.1. The van der Waals surface area contributed by atoms with Crippen molar-refractivity contribution in [3.63, 3.8) is 0 Å². The Morgan fingerprint density at radius 3 is 2.72 bits per heavy atom. The van der Waals surface area contributed by atoms with Crippen LogP contribution < -0.4 is 15.0 Å². The molecule has 2 aromatic carbocycles. The van der Waals surface area contributed by atoms with Gasteiger partial charge in [0.05, 0.1) is 18.7 Å². The van der Waals surface area contributed by atoms with Crippen molar-refractivity contribution in [2.24, 2.45) is 5.92 Å². The molecule has 4 aromatic rings. The Morgan fingerprint density at radius 2 is 1.94 bits per heavy atom. The van der Waals surface area contributed by atoms with E-state index >= 15 is 0 Å². The van der Waals surface area contributed by atoms with Crippen LogP contribution in [-0.2, 0) is 9.59 Å². The molecule has 1 fully saturated rings. The Bertz CT molecular complexity index is 1260. The van der Waals surface area contributed by atoms with Crippen LogP contribution >= 0.6 is 0 Å². The number of carbonyl (C=O) groups excluding carboxylic acids is 2. The highest BCUT2D eigenvalue weighted by Crippen LogP contribution is 2.29. The summed E-state index contributed by atoms with van der Waals surface area (Å²) < 4.78 is 7.21. The lowest BCUT2D eigenvalue weighted by molar-refractivity contribution is -0.122. The van der Waals surface area contributed by atoms with Crippen LogP contribution in [0.5, 0.6) is 5.75 Å². The van der Waals surface area contributed by atoms with E-state index in [1.165, 1.54) is 0 Å². The lowest BCUT2D eigenvalue weighted by Crippen LogP contribution is -2.28. The molecular formula is C25H22N4O3. The average molecular weight is 426 g/mol. The van der Waals surface area contributed by atoms with Gasteiger partial charge >= 0.3 is 0 Å². The van der Waals surface area contributed by atoms with Crippen LogP contribution in [0.25, 0.3) is 16.9 Å². The molecule has 1 saturated heterocycles. The number of anilines is 2. The van der Waals surface area contributed by atoms with Gasteiger partial charge in [0.1, 0.15) is 11.4 Å². The van der Waals surface area contributed by atoms with Gasteiger partial charge in [-0.15, -0.1) is 0 Å². The molecule has 32 heavy (non-hydrogen) atoms. The summed E-state index contributed by atoms with van der Waals surface area (Å²) in [6.07, 6.45) is 4.11. The number of fused-ring (bicyclic) bond motifs is 1. The highest BCUT2D eigenvalue weighted by molar-refractivity contribution is 6.03. The van der Waals surface area contributed by atoms with Gasteiger partial charge in [0.15, 0.2) is 0 Å². The van der Waals surface area contributed by atoms with Crippen molar-refractivity contribution in [1.29, 1.82) is 0 Å². The highest BCUT2D eigenvalue weighted by atomic mass is 16.5. The number of methoxy groups -OCH3 is 1. The fourth-order valence-electron chi connectivity index (χ4n) is 3.95. The molecule has 2 amide bonds. The first-order valence-corrected chi connectivity index (χ1v) is 10.4. The first-order valence-electron chi connectivity index (χ1n) is 10.4. The molecule has 0 radical (unpaired) electrons. The molecule has 1 aliphatic heterocycles. The number of imidazole rings is 1. The van der Waals surface area contributed by atoms with Crippen molar-refractivity contribution in [3.8, 4) is 17.0 Å². The van der Waals surface area contributed by atoms with E-state index in [0.29, 0.717) is 18.0 Å². The van der Waals surface area contributed by atoms with Crippen LogP contribution in [0.15, 0.2) is 79.1 Å². The predicted octanol–water partition coefficient (Wildman–Crippen LogP) is 4.00. The predicted molar refractivity (Wildman–Crippen MR) is 123 cm³/mol. The Balaban J connectivity index is 1.26. The normalized spacial score (nSPS) is 15.8. The first kappa shape index (κ1) is 19.8. The summed E-state index contributed by atoms with van der Waals surface area (Å²) in [5.41, 5.74) is 4.14. The smallest absolute Gasteiger partial charge is 0.229 e. The summed E-state index contributed by atoms with van der Waals surface area (Å²) in [4.78, 5) is 31.6. The fourth-order valence-corrected chi connectivity index (χ4v) is 3.95. The molecule has 5 rings (SSSR count). The second-order valence-corrected chi connectivity index (χ2v) is 7.77. The van der Waals surface area contributed by atoms with E-state index in [2.05, 4.69) is 10.3 Å². The van der Waals surface area contributed by atoms with Crippen LogP contribution in [0.1, 0.15) is 6.42 Å². The Kier molecular flexibility index (Phi) is 5.07. The van der Waals surface area contributed by atoms with Crippen LogP contribution in [0.3, 0.4) is 0 Å². The van der Waals surface area contributed by atoms with Gasteiger partial charge in [-0.05, 0) is 36.4 Å². The lowest BCUT2D eigenvalue weighted by atomic mass is 10.1. The number of hydrogen-bond donors (Lipinski definition) is 1. The number of nitrogens with one attached hydrogen (secondary N) is 1. The van der Waals surface area contributed by atoms with Crippen molar-refractivity contribution in [2.75, 3.05) is 23.9 Å². The second kappa shape index (κ2) is 8.19. The quantitative estimate of drug-likeness (QED) is 0.523. The number of rotatable bonds is 5. The van der Waals surface area contributed by atoms with Gasteiger partial charge < -0.3 is 19.4 Å². The fraction of sp³-hybridized carbons (Fsp3) is 0.160. The molecule has 1 aliphatic rings. The van der Waals surface area contributed by atoms with Gasteiger partial charge in [0.2, 0.25) is 11.8 Å². The zero-order valence-electron chi connectivity index (χ0n) is 17.6. The third kappa shape index (κ3) is 3.80. The maximum atomic E-state index is 12.8. The van der Waals surface area contributed by atoms with E-state index in [-0.39, 0.29) is 18.2 Å². The summed E-state index contributed by atoms with van der Waals surface area (Å²) in [6, 6.07) is 20.7. The Labute approximate surface area is 185 Å². The molecule has 7 nitrogen and oxygen atoms in total. The number of hydrogen-bond acceptors (Lipinski definition) is 4. The monoisotopic (exact) mass is 426 g/mol. The van der Waals surface area contributed by atoms with Gasteiger partial charge in [0.25, 0.3) is 0 Å². The van der Waals surface area contributed by atoms with E-state index in [4.69, 9.17) is 4.74 Å². The topological polar surface area (TPSA) is 75.9 Å². The number of carbonyl (C=O) groups is 2. The molecule has 0 aliphatic carbocycles. The maximum Gasteiger partial charge on any atom is 0.229 e. The summed E-state index contributed by atoms with van der Waals surface area (Å²) in [5, 5.41) is 2.94. The number of aromatic nitrogens is 2. The molecule has 160 valence electrons. The number of benzene rings is 2. The maximum absolute atomic E-state index is 12.8. The standard InChI is InChI=1S/C25H22N4O3/c1-32-21-6-4-5-20(14-21)29-15-18(13-24(29)30)25(31)26-19-10-8-17(9-11-19)22-16-28-12-3-2-7-23(28)27-22/h2-12,14,16,18H,13,15H2,1H3,(H,26,31)/t18-/m0/s1. The molecular weight excluding hydrogens is 404 g/mol. The van der Waals surface area contributed by atoms with Gasteiger partial charge in [-0.1, -0.05) is 24.3 Å². The molecule has 2 aromatic heterocycles. The van der Waals surface area contributed by atoms with Crippen LogP contribution in [-0.4, -0.2) is 34.9 Å². The minimum absolute atomic E-state index is 0.0689. The summed E-state index contributed by atoms with van der Waals surface area (Å²) in [6.45, 7) is 0.344. The van der Waals surface area contributed by atoms with Crippen molar-refractivity contribution in [3.05, 3.63) is 79.1 Å². The highest BCUT2D eigenvalue weighted by Gasteiger charge is 2.35. The molecule has 3 heterocycles. The molecule has 0 bridgehead atoms. The Morgan fingerprint density at radius 1 is 1.09 bits per heavy atom. The zero-order valence-corrected chi connectivity index (χ0v) is 17.6. The summed E-state index contributed by atoms with van der Waals surface area (Å²) >= 11 is 0. The van der Waals surface area contributed by atoms with Crippen molar-refractivity contribution in [2.45, 2.75) is 6.42 Å². The molecule has 0 unspecified atom stereocenters. The van der Waals surface area contributed by atoms with Gasteiger partial charge in [0, 0.05) is 48.4 Å². The van der Waals surface area contributed by atoms with E-state index in [9.17, 15) is 9.59 Å². The summed E-state index contributed by atoms with van der Waals surface area (Å²) in [7, 11) is 1.58. The van der Waals surface area contributed by atoms with E-state index in [1.54, 1.807) is 18.1 Å². The number of nitrogens with zero attached hydrogens (tertiary/aromatic N) is 3.